The van der Waals surface area contributed by atoms with E-state index in [1.807, 2.05) is 0 Å². The van der Waals surface area contributed by atoms with Crippen LogP contribution in [0.2, 0.25) is 0 Å². The van der Waals surface area contributed by atoms with Gasteiger partial charge >= 0.3 is 0 Å². The molecule has 1 atom stereocenters. The molecule has 0 aliphatic heterocycles. The van der Waals surface area contributed by atoms with Gasteiger partial charge in [-0.05, 0) is 31.7 Å². The molecule has 0 saturated heterocycles. The Bertz CT molecular complexity index is 138. The van der Waals surface area contributed by atoms with Gasteiger partial charge in [-0.1, -0.05) is 39.8 Å². The first-order valence-corrected chi connectivity index (χ1v) is 5.46. The minimum absolute atomic E-state index is 0.613. The van der Waals surface area contributed by atoms with Crippen LogP contribution < -0.4 is 5.32 Å². The van der Waals surface area contributed by atoms with Gasteiger partial charge < -0.3 is 5.32 Å². The van der Waals surface area contributed by atoms with Crippen LogP contribution in [-0.2, 0) is 0 Å². The maximum atomic E-state index is 4.04. The Morgan fingerprint density at radius 2 is 1.92 bits per heavy atom. The van der Waals surface area contributed by atoms with E-state index in [2.05, 4.69) is 39.6 Å². The molecule has 78 valence electrons. The summed E-state index contributed by atoms with van der Waals surface area (Å²) in [6.45, 7) is 14.0. The zero-order valence-electron chi connectivity index (χ0n) is 9.69. The highest BCUT2D eigenvalue weighted by Gasteiger charge is 2.03. The molecule has 1 unspecified atom stereocenters. The lowest BCUT2D eigenvalue weighted by Crippen LogP contribution is -2.24. The highest BCUT2D eigenvalue weighted by Crippen LogP contribution is 2.14. The summed E-state index contributed by atoms with van der Waals surface area (Å²) in [5.74, 6) is 0.777. The molecule has 0 aromatic carbocycles. The fourth-order valence-electron chi connectivity index (χ4n) is 1.36. The summed E-state index contributed by atoms with van der Waals surface area (Å²) in [4.78, 5) is 0. The normalized spacial score (nSPS) is 13.3. The Hall–Kier alpha value is -0.300. The van der Waals surface area contributed by atoms with E-state index in [9.17, 15) is 0 Å². The molecule has 0 radical (unpaired) electrons. The largest absolute Gasteiger partial charge is 0.315 e. The molecule has 0 heterocycles. The molecule has 0 fully saturated rings. The second-order valence-electron chi connectivity index (χ2n) is 4.31. The zero-order chi connectivity index (χ0) is 10.3. The Morgan fingerprint density at radius 3 is 2.38 bits per heavy atom. The predicted octanol–water partition coefficient (Wildman–Crippen LogP) is 3.37. The summed E-state index contributed by atoms with van der Waals surface area (Å²) in [5.41, 5.74) is 1.39. The van der Waals surface area contributed by atoms with E-state index < -0.39 is 0 Å². The van der Waals surface area contributed by atoms with Gasteiger partial charge in [-0.3, -0.25) is 0 Å². The third kappa shape index (κ3) is 8.04. The third-order valence-electron chi connectivity index (χ3n) is 2.33. The number of hydrogen-bond donors (Lipinski definition) is 1. The van der Waals surface area contributed by atoms with E-state index in [1.165, 1.54) is 18.4 Å². The van der Waals surface area contributed by atoms with Crippen molar-refractivity contribution in [1.29, 1.82) is 0 Å². The fourth-order valence-corrected chi connectivity index (χ4v) is 1.36. The van der Waals surface area contributed by atoms with Crippen molar-refractivity contribution in [2.24, 2.45) is 5.92 Å². The molecule has 13 heavy (non-hydrogen) atoms. The molecule has 0 saturated carbocycles. The number of allylic oxidation sites excluding steroid dienone is 1. The van der Waals surface area contributed by atoms with E-state index in [0.29, 0.717) is 6.04 Å². The average Bonchev–Trinajstić information content (AvgIpc) is 2.03. The zero-order valence-corrected chi connectivity index (χ0v) is 9.69. The maximum Gasteiger partial charge on any atom is 0.00103 e. The van der Waals surface area contributed by atoms with Gasteiger partial charge in [0.2, 0.25) is 0 Å². The van der Waals surface area contributed by atoms with Crippen molar-refractivity contribution in [2.45, 2.75) is 53.0 Å². The van der Waals surface area contributed by atoms with Crippen LogP contribution in [0.3, 0.4) is 0 Å². The maximum absolute atomic E-state index is 4.04. The topological polar surface area (TPSA) is 12.0 Å². The molecule has 0 amide bonds. The van der Waals surface area contributed by atoms with Gasteiger partial charge in [-0.2, -0.15) is 0 Å². The summed E-state index contributed by atoms with van der Waals surface area (Å²) in [6.07, 6.45) is 3.58. The molecule has 0 bridgehead atoms. The van der Waals surface area contributed by atoms with E-state index >= 15 is 0 Å². The Balaban J connectivity index is 3.40. The van der Waals surface area contributed by atoms with Crippen LogP contribution in [0.25, 0.3) is 0 Å². The molecule has 1 N–H and O–H groups in total. The summed E-state index contributed by atoms with van der Waals surface area (Å²) in [6, 6.07) is 0.613. The molecule has 0 aliphatic carbocycles. The van der Waals surface area contributed by atoms with Gasteiger partial charge in [0.15, 0.2) is 0 Å². The molecule has 1 heteroatoms. The van der Waals surface area contributed by atoms with E-state index in [4.69, 9.17) is 0 Å². The van der Waals surface area contributed by atoms with Crippen molar-refractivity contribution in [3.05, 3.63) is 12.2 Å². The second kappa shape index (κ2) is 7.14. The number of nitrogens with one attached hydrogen (secondary N) is 1. The lowest BCUT2D eigenvalue weighted by molar-refractivity contribution is 0.472. The number of rotatable bonds is 7. The van der Waals surface area contributed by atoms with Crippen LogP contribution in [0.1, 0.15) is 47.0 Å². The Kier molecular flexibility index (Phi) is 6.97. The Morgan fingerprint density at radius 1 is 1.31 bits per heavy atom. The SMILES string of the molecule is C=C(CC)CC(C)CCNC(C)C. The van der Waals surface area contributed by atoms with Gasteiger partial charge in [0.1, 0.15) is 0 Å². The van der Waals surface area contributed by atoms with Gasteiger partial charge in [0.05, 0.1) is 0 Å². The molecule has 0 rings (SSSR count). The van der Waals surface area contributed by atoms with Crippen LogP contribution in [0.4, 0.5) is 0 Å². The smallest absolute Gasteiger partial charge is 0.00103 e. The van der Waals surface area contributed by atoms with Crippen molar-refractivity contribution >= 4 is 0 Å². The standard InChI is InChI=1S/C12H25N/c1-6-11(4)9-12(5)7-8-13-10(2)3/h10,12-13H,4,6-9H2,1-3,5H3. The monoisotopic (exact) mass is 183 g/mol. The summed E-state index contributed by atoms with van der Waals surface area (Å²) in [7, 11) is 0. The Labute approximate surface area is 83.6 Å². The van der Waals surface area contributed by atoms with Crippen molar-refractivity contribution in [3.8, 4) is 0 Å². The lowest BCUT2D eigenvalue weighted by Gasteiger charge is -2.14. The number of hydrogen-bond acceptors (Lipinski definition) is 1. The molecular weight excluding hydrogens is 158 g/mol. The average molecular weight is 183 g/mol. The molecule has 0 spiro atoms. The highest BCUT2D eigenvalue weighted by molar-refractivity contribution is 4.93. The molecule has 1 nitrogen and oxygen atoms in total. The molecule has 0 aromatic rings. The summed E-state index contributed by atoms with van der Waals surface area (Å²) in [5, 5.41) is 3.44. The van der Waals surface area contributed by atoms with E-state index in [0.717, 1.165) is 18.9 Å². The van der Waals surface area contributed by atoms with Crippen molar-refractivity contribution < 1.29 is 0 Å². The molecule has 0 aromatic heterocycles. The van der Waals surface area contributed by atoms with Gasteiger partial charge in [0, 0.05) is 6.04 Å². The summed E-state index contributed by atoms with van der Waals surface area (Å²) < 4.78 is 0. The van der Waals surface area contributed by atoms with Crippen LogP contribution in [0.5, 0.6) is 0 Å². The fraction of sp³-hybridized carbons (Fsp3) is 0.833. The first kappa shape index (κ1) is 12.7. The van der Waals surface area contributed by atoms with E-state index in [-0.39, 0.29) is 0 Å². The molecular formula is C12H25N. The van der Waals surface area contributed by atoms with Crippen LogP contribution >= 0.6 is 0 Å². The van der Waals surface area contributed by atoms with Crippen molar-refractivity contribution in [2.75, 3.05) is 6.54 Å². The van der Waals surface area contributed by atoms with Crippen LogP contribution in [-0.4, -0.2) is 12.6 Å². The van der Waals surface area contributed by atoms with E-state index in [1.54, 1.807) is 0 Å². The first-order valence-electron chi connectivity index (χ1n) is 5.46. The first-order chi connectivity index (χ1) is 6.06. The van der Waals surface area contributed by atoms with Crippen molar-refractivity contribution in [1.82, 2.24) is 5.32 Å². The van der Waals surface area contributed by atoms with Gasteiger partial charge in [-0.15, -0.1) is 0 Å². The van der Waals surface area contributed by atoms with Crippen molar-refractivity contribution in [3.63, 3.8) is 0 Å². The quantitative estimate of drug-likeness (QED) is 0.597. The van der Waals surface area contributed by atoms with Gasteiger partial charge in [-0.25, -0.2) is 0 Å². The molecule has 0 aliphatic rings. The third-order valence-corrected chi connectivity index (χ3v) is 2.33. The summed E-state index contributed by atoms with van der Waals surface area (Å²) >= 11 is 0. The minimum Gasteiger partial charge on any atom is -0.315 e. The predicted molar refractivity (Wildman–Crippen MR) is 61.0 cm³/mol. The highest BCUT2D eigenvalue weighted by atomic mass is 14.9. The minimum atomic E-state index is 0.613. The lowest BCUT2D eigenvalue weighted by atomic mass is 9.97. The van der Waals surface area contributed by atoms with Crippen LogP contribution in [0.15, 0.2) is 12.2 Å². The second-order valence-corrected chi connectivity index (χ2v) is 4.31. The van der Waals surface area contributed by atoms with Crippen LogP contribution in [0, 0.1) is 5.92 Å². The van der Waals surface area contributed by atoms with Gasteiger partial charge in [0.25, 0.3) is 0 Å².